The number of allylic oxidation sites excluding steroid dienone is 4. The molecule has 0 saturated carbocycles. The van der Waals surface area contributed by atoms with E-state index < -0.39 is 0 Å². The predicted octanol–water partition coefficient (Wildman–Crippen LogP) is 2.70. The molecule has 0 radical (unpaired) electrons. The molecule has 90 valence electrons. The molecule has 2 heteroatoms. The van der Waals surface area contributed by atoms with Crippen LogP contribution in [-0.4, -0.2) is 29.3 Å². The second-order valence-corrected chi connectivity index (χ2v) is 5.11. The van der Waals surface area contributed by atoms with E-state index >= 15 is 0 Å². The third kappa shape index (κ3) is 3.19. The molecule has 2 atom stereocenters. The number of nitrogens with zero attached hydrogens (tertiary/aromatic N) is 1. The van der Waals surface area contributed by atoms with Gasteiger partial charge in [0.2, 0.25) is 0 Å². The van der Waals surface area contributed by atoms with Crippen LogP contribution < -0.4 is 0 Å². The van der Waals surface area contributed by atoms with Crippen molar-refractivity contribution in [1.29, 1.82) is 0 Å². The summed E-state index contributed by atoms with van der Waals surface area (Å²) in [5, 5.41) is 10.0. The number of likely N-dealkylation sites (tertiary alicyclic amines) is 1. The maximum absolute atomic E-state index is 10.0. The Morgan fingerprint density at radius 2 is 2.19 bits per heavy atom. The molecule has 0 bridgehead atoms. The molecular weight excluding hydrogens is 198 g/mol. The van der Waals surface area contributed by atoms with E-state index in [-0.39, 0.29) is 6.23 Å². The van der Waals surface area contributed by atoms with Crippen molar-refractivity contribution >= 4 is 0 Å². The van der Waals surface area contributed by atoms with Crippen molar-refractivity contribution in [2.75, 3.05) is 13.1 Å². The zero-order valence-corrected chi connectivity index (χ0v) is 10.2. The highest BCUT2D eigenvalue weighted by Crippen LogP contribution is 2.21. The van der Waals surface area contributed by atoms with Gasteiger partial charge in [-0.2, -0.15) is 0 Å². The highest BCUT2D eigenvalue weighted by atomic mass is 16.3. The average molecular weight is 221 g/mol. The van der Waals surface area contributed by atoms with Crippen LogP contribution in [0.25, 0.3) is 0 Å². The van der Waals surface area contributed by atoms with Gasteiger partial charge in [0.25, 0.3) is 0 Å². The molecule has 1 heterocycles. The third-order valence-electron chi connectivity index (χ3n) is 3.64. The second kappa shape index (κ2) is 5.65. The zero-order chi connectivity index (χ0) is 11.4. The summed E-state index contributed by atoms with van der Waals surface area (Å²) >= 11 is 0. The summed E-state index contributed by atoms with van der Waals surface area (Å²) in [7, 11) is 0. The molecule has 0 amide bonds. The number of hydrogen-bond acceptors (Lipinski definition) is 2. The van der Waals surface area contributed by atoms with Gasteiger partial charge >= 0.3 is 0 Å². The molecule has 1 saturated heterocycles. The van der Waals surface area contributed by atoms with E-state index in [0.29, 0.717) is 5.92 Å². The molecule has 2 nitrogen and oxygen atoms in total. The van der Waals surface area contributed by atoms with E-state index in [1.165, 1.54) is 18.4 Å². The molecular formula is C14H23NO. The van der Waals surface area contributed by atoms with Gasteiger partial charge in [-0.15, -0.1) is 0 Å². The number of aliphatic hydroxyl groups is 1. The molecule has 2 rings (SSSR count). The Morgan fingerprint density at radius 1 is 1.44 bits per heavy atom. The number of aliphatic hydroxyl groups excluding tert-OH is 1. The van der Waals surface area contributed by atoms with Crippen LogP contribution in [0.5, 0.6) is 0 Å². The zero-order valence-electron chi connectivity index (χ0n) is 10.2. The minimum absolute atomic E-state index is 0.226. The molecule has 0 spiro atoms. The minimum atomic E-state index is -0.226. The molecule has 1 fully saturated rings. The maximum Gasteiger partial charge on any atom is 0.107 e. The Labute approximate surface area is 98.6 Å². The van der Waals surface area contributed by atoms with Crippen LogP contribution in [0.15, 0.2) is 23.8 Å². The highest BCUT2D eigenvalue weighted by molar-refractivity contribution is 5.23. The average Bonchev–Trinajstić information content (AvgIpc) is 2.81. The van der Waals surface area contributed by atoms with Crippen molar-refractivity contribution in [3.8, 4) is 0 Å². The summed E-state index contributed by atoms with van der Waals surface area (Å²) in [6.07, 6.45) is 12.1. The van der Waals surface area contributed by atoms with Gasteiger partial charge in [0, 0.05) is 13.1 Å². The Morgan fingerprint density at radius 3 is 2.81 bits per heavy atom. The topological polar surface area (TPSA) is 23.5 Å². The summed E-state index contributed by atoms with van der Waals surface area (Å²) in [5.74, 6) is 0.687. The van der Waals surface area contributed by atoms with Gasteiger partial charge in [-0.25, -0.2) is 0 Å². The number of rotatable bonds is 4. The molecule has 16 heavy (non-hydrogen) atoms. The van der Waals surface area contributed by atoms with Gasteiger partial charge in [0.15, 0.2) is 0 Å². The Bertz CT molecular complexity index is 276. The maximum atomic E-state index is 10.0. The fraction of sp³-hybridized carbons (Fsp3) is 0.714. The lowest BCUT2D eigenvalue weighted by Gasteiger charge is -2.22. The molecule has 0 aromatic carbocycles. The van der Waals surface area contributed by atoms with Crippen LogP contribution in [0.2, 0.25) is 0 Å². The summed E-state index contributed by atoms with van der Waals surface area (Å²) in [6, 6.07) is 0. The molecule has 1 N–H and O–H groups in total. The van der Waals surface area contributed by atoms with Gasteiger partial charge in [0.1, 0.15) is 6.23 Å². The van der Waals surface area contributed by atoms with Crippen LogP contribution in [0.3, 0.4) is 0 Å². The fourth-order valence-electron chi connectivity index (χ4n) is 2.48. The highest BCUT2D eigenvalue weighted by Gasteiger charge is 2.19. The summed E-state index contributed by atoms with van der Waals surface area (Å²) in [5.41, 5.74) is 1.40. The molecule has 0 aromatic rings. The smallest absolute Gasteiger partial charge is 0.107 e. The lowest BCUT2D eigenvalue weighted by Crippen LogP contribution is -2.32. The van der Waals surface area contributed by atoms with Crippen molar-refractivity contribution in [3.05, 3.63) is 23.8 Å². The molecule has 1 unspecified atom stereocenters. The largest absolute Gasteiger partial charge is 0.378 e. The lowest BCUT2D eigenvalue weighted by atomic mass is 9.96. The Balaban J connectivity index is 1.72. The van der Waals surface area contributed by atoms with Crippen molar-refractivity contribution in [2.24, 2.45) is 5.92 Å². The summed E-state index contributed by atoms with van der Waals surface area (Å²) in [4.78, 5) is 2.20. The number of hydrogen-bond donors (Lipinski definition) is 1. The second-order valence-electron chi connectivity index (χ2n) is 5.11. The molecule has 1 aliphatic carbocycles. The van der Waals surface area contributed by atoms with Gasteiger partial charge in [-0.1, -0.05) is 30.7 Å². The first-order valence-electron chi connectivity index (χ1n) is 6.55. The minimum Gasteiger partial charge on any atom is -0.378 e. The quantitative estimate of drug-likeness (QED) is 0.789. The Kier molecular flexibility index (Phi) is 4.19. The van der Waals surface area contributed by atoms with E-state index in [4.69, 9.17) is 0 Å². The van der Waals surface area contributed by atoms with Crippen molar-refractivity contribution < 1.29 is 5.11 Å². The van der Waals surface area contributed by atoms with Gasteiger partial charge in [-0.05, 0) is 38.0 Å². The van der Waals surface area contributed by atoms with Crippen molar-refractivity contribution in [3.63, 3.8) is 0 Å². The van der Waals surface area contributed by atoms with E-state index in [1.54, 1.807) is 0 Å². The van der Waals surface area contributed by atoms with Gasteiger partial charge in [0.05, 0.1) is 0 Å². The third-order valence-corrected chi connectivity index (χ3v) is 3.64. The van der Waals surface area contributed by atoms with Crippen LogP contribution in [0.4, 0.5) is 0 Å². The van der Waals surface area contributed by atoms with Crippen LogP contribution in [-0.2, 0) is 0 Å². The Hall–Kier alpha value is -0.600. The molecule has 0 aromatic heterocycles. The standard InChI is InChI=1S/C14H23NO/c1-12-4-6-13(7-5-12)8-9-14(16)15-10-2-3-11-15/h4,6-7,12,14,16H,2-3,5,8-11H2,1H3/t12?,14-/m1/s1. The lowest BCUT2D eigenvalue weighted by molar-refractivity contribution is 0.0145. The van der Waals surface area contributed by atoms with Crippen LogP contribution >= 0.6 is 0 Å². The first kappa shape index (κ1) is 11.9. The van der Waals surface area contributed by atoms with Crippen LogP contribution in [0, 0.1) is 5.92 Å². The van der Waals surface area contributed by atoms with Gasteiger partial charge < -0.3 is 5.11 Å². The monoisotopic (exact) mass is 221 g/mol. The first-order chi connectivity index (χ1) is 7.75. The summed E-state index contributed by atoms with van der Waals surface area (Å²) in [6.45, 7) is 4.39. The molecule has 2 aliphatic rings. The van der Waals surface area contributed by atoms with E-state index in [9.17, 15) is 5.11 Å². The van der Waals surface area contributed by atoms with Gasteiger partial charge in [-0.3, -0.25) is 4.90 Å². The van der Waals surface area contributed by atoms with Crippen molar-refractivity contribution in [2.45, 2.75) is 45.3 Å². The van der Waals surface area contributed by atoms with E-state index in [2.05, 4.69) is 30.1 Å². The molecule has 1 aliphatic heterocycles. The normalized spacial score (nSPS) is 28.1. The van der Waals surface area contributed by atoms with Crippen molar-refractivity contribution in [1.82, 2.24) is 4.90 Å². The van der Waals surface area contributed by atoms with Crippen LogP contribution in [0.1, 0.15) is 39.0 Å². The first-order valence-corrected chi connectivity index (χ1v) is 6.55. The SMILES string of the molecule is CC1C=CC(CC[C@@H](O)N2CCCC2)=CC1. The summed E-state index contributed by atoms with van der Waals surface area (Å²) < 4.78 is 0. The predicted molar refractivity (Wildman–Crippen MR) is 67.1 cm³/mol. The van der Waals surface area contributed by atoms with E-state index in [1.807, 2.05) is 0 Å². The van der Waals surface area contributed by atoms with E-state index in [0.717, 1.165) is 32.4 Å². The fourth-order valence-corrected chi connectivity index (χ4v) is 2.48.